The molecule has 16 heavy (non-hydrogen) atoms. The van der Waals surface area contributed by atoms with E-state index < -0.39 is 6.04 Å². The van der Waals surface area contributed by atoms with Gasteiger partial charge in [-0.25, -0.2) is 0 Å². The zero-order chi connectivity index (χ0) is 13.0. The SMILES string of the molecule is CC.CNC(C(C)=O)C(=O)NCCCCS. The molecule has 0 aliphatic rings. The average Bonchev–Trinajstić information content (AvgIpc) is 2.27. The van der Waals surface area contributed by atoms with Crippen molar-refractivity contribution in [3.63, 3.8) is 0 Å². The van der Waals surface area contributed by atoms with Crippen LogP contribution in [0.5, 0.6) is 0 Å². The number of thiol groups is 1. The zero-order valence-electron chi connectivity index (χ0n) is 10.7. The summed E-state index contributed by atoms with van der Waals surface area (Å²) in [5.74, 6) is 0.399. The molecule has 0 aromatic carbocycles. The fourth-order valence-corrected chi connectivity index (χ4v) is 1.29. The Morgan fingerprint density at radius 3 is 2.19 bits per heavy atom. The Morgan fingerprint density at radius 2 is 1.81 bits per heavy atom. The van der Waals surface area contributed by atoms with Crippen LogP contribution in [-0.4, -0.2) is 37.1 Å². The van der Waals surface area contributed by atoms with Crippen LogP contribution in [-0.2, 0) is 9.59 Å². The number of likely N-dealkylation sites (N-methyl/N-ethyl adjacent to an activating group) is 1. The predicted molar refractivity (Wildman–Crippen MR) is 71.0 cm³/mol. The van der Waals surface area contributed by atoms with E-state index in [1.807, 2.05) is 13.8 Å². The van der Waals surface area contributed by atoms with Crippen LogP contribution in [0.3, 0.4) is 0 Å². The summed E-state index contributed by atoms with van der Waals surface area (Å²) < 4.78 is 0. The normalized spacial score (nSPS) is 11.1. The van der Waals surface area contributed by atoms with Gasteiger partial charge in [0.25, 0.3) is 0 Å². The maximum Gasteiger partial charge on any atom is 0.244 e. The molecule has 5 heteroatoms. The maximum absolute atomic E-state index is 11.4. The molecule has 0 rings (SSSR count). The molecule has 0 saturated heterocycles. The Hall–Kier alpha value is -0.550. The quantitative estimate of drug-likeness (QED) is 0.358. The Morgan fingerprint density at radius 1 is 1.25 bits per heavy atom. The van der Waals surface area contributed by atoms with Gasteiger partial charge in [0.05, 0.1) is 0 Å². The van der Waals surface area contributed by atoms with E-state index in [0.29, 0.717) is 6.54 Å². The van der Waals surface area contributed by atoms with Gasteiger partial charge >= 0.3 is 0 Å². The molecule has 2 N–H and O–H groups in total. The molecular weight excluding hydrogens is 224 g/mol. The first-order valence-electron chi connectivity index (χ1n) is 5.69. The van der Waals surface area contributed by atoms with E-state index in [1.54, 1.807) is 7.05 Å². The molecule has 0 aliphatic heterocycles. The first-order valence-corrected chi connectivity index (χ1v) is 6.33. The third-order valence-electron chi connectivity index (χ3n) is 1.84. The van der Waals surface area contributed by atoms with Crippen molar-refractivity contribution in [1.82, 2.24) is 10.6 Å². The summed E-state index contributed by atoms with van der Waals surface area (Å²) in [7, 11) is 1.60. The molecule has 0 bridgehead atoms. The van der Waals surface area contributed by atoms with Crippen molar-refractivity contribution in [2.75, 3.05) is 19.3 Å². The number of Topliss-reactive ketones (excluding diaryl/α,β-unsaturated/α-hetero) is 1. The number of hydrogen-bond donors (Lipinski definition) is 3. The topological polar surface area (TPSA) is 58.2 Å². The van der Waals surface area contributed by atoms with Crippen molar-refractivity contribution in [3.05, 3.63) is 0 Å². The molecule has 4 nitrogen and oxygen atoms in total. The summed E-state index contributed by atoms with van der Waals surface area (Å²) in [6, 6.07) is -0.717. The molecule has 0 aromatic heterocycles. The number of rotatable bonds is 7. The smallest absolute Gasteiger partial charge is 0.244 e. The lowest BCUT2D eigenvalue weighted by molar-refractivity contribution is -0.130. The molecule has 1 amide bonds. The van der Waals surface area contributed by atoms with Crippen LogP contribution in [0.1, 0.15) is 33.6 Å². The highest BCUT2D eigenvalue weighted by Gasteiger charge is 2.19. The summed E-state index contributed by atoms with van der Waals surface area (Å²) in [5.41, 5.74) is 0. The zero-order valence-corrected chi connectivity index (χ0v) is 11.6. The number of unbranched alkanes of at least 4 members (excludes halogenated alkanes) is 1. The summed E-state index contributed by atoms with van der Waals surface area (Å²) in [4.78, 5) is 22.3. The predicted octanol–water partition coefficient (Wildman–Crippen LogP) is 1.02. The summed E-state index contributed by atoms with van der Waals surface area (Å²) >= 11 is 4.06. The fraction of sp³-hybridized carbons (Fsp3) is 0.818. The van der Waals surface area contributed by atoms with Gasteiger partial charge < -0.3 is 10.6 Å². The van der Waals surface area contributed by atoms with Crippen molar-refractivity contribution < 1.29 is 9.59 Å². The van der Waals surface area contributed by atoms with Crippen LogP contribution >= 0.6 is 12.6 Å². The van der Waals surface area contributed by atoms with E-state index in [9.17, 15) is 9.59 Å². The van der Waals surface area contributed by atoms with Crippen molar-refractivity contribution in [2.45, 2.75) is 39.7 Å². The number of amides is 1. The third kappa shape index (κ3) is 8.73. The Bertz CT molecular complexity index is 198. The van der Waals surface area contributed by atoms with Gasteiger partial charge in [-0.05, 0) is 32.6 Å². The number of ketones is 1. The van der Waals surface area contributed by atoms with Gasteiger partial charge in [0, 0.05) is 6.54 Å². The van der Waals surface area contributed by atoms with Crippen LogP contribution in [0.2, 0.25) is 0 Å². The Balaban J connectivity index is 0. The highest BCUT2D eigenvalue weighted by molar-refractivity contribution is 7.80. The molecule has 0 radical (unpaired) electrons. The van der Waals surface area contributed by atoms with Gasteiger partial charge in [0.15, 0.2) is 5.78 Å². The van der Waals surface area contributed by atoms with Gasteiger partial charge in [-0.15, -0.1) is 0 Å². The number of carbonyl (C=O) groups excluding carboxylic acids is 2. The molecule has 0 heterocycles. The second-order valence-electron chi connectivity index (χ2n) is 3.05. The lowest BCUT2D eigenvalue weighted by atomic mass is 10.2. The first-order chi connectivity index (χ1) is 7.63. The minimum absolute atomic E-state index is 0.167. The maximum atomic E-state index is 11.4. The second-order valence-corrected chi connectivity index (χ2v) is 3.50. The largest absolute Gasteiger partial charge is 0.354 e. The van der Waals surface area contributed by atoms with E-state index >= 15 is 0 Å². The van der Waals surface area contributed by atoms with E-state index in [1.165, 1.54) is 6.92 Å². The highest BCUT2D eigenvalue weighted by atomic mass is 32.1. The van der Waals surface area contributed by atoms with Gasteiger partial charge in [0.2, 0.25) is 5.91 Å². The van der Waals surface area contributed by atoms with Crippen LogP contribution in [0, 0.1) is 0 Å². The Labute approximate surface area is 104 Å². The van der Waals surface area contributed by atoms with Crippen molar-refractivity contribution >= 4 is 24.3 Å². The lowest BCUT2D eigenvalue weighted by Crippen LogP contribution is -2.47. The minimum Gasteiger partial charge on any atom is -0.354 e. The van der Waals surface area contributed by atoms with Gasteiger partial charge in [-0.3, -0.25) is 9.59 Å². The molecule has 0 aliphatic carbocycles. The van der Waals surface area contributed by atoms with E-state index in [0.717, 1.165) is 18.6 Å². The van der Waals surface area contributed by atoms with Crippen LogP contribution in [0.25, 0.3) is 0 Å². The monoisotopic (exact) mass is 248 g/mol. The number of carbonyl (C=O) groups is 2. The molecule has 0 aromatic rings. The minimum atomic E-state index is -0.717. The van der Waals surface area contributed by atoms with Crippen LogP contribution in [0.15, 0.2) is 0 Å². The number of nitrogens with one attached hydrogen (secondary N) is 2. The lowest BCUT2D eigenvalue weighted by Gasteiger charge is -2.12. The molecule has 0 fully saturated rings. The van der Waals surface area contributed by atoms with Gasteiger partial charge in [0.1, 0.15) is 6.04 Å². The fourth-order valence-electron chi connectivity index (χ4n) is 1.07. The van der Waals surface area contributed by atoms with Gasteiger partial charge in [-0.2, -0.15) is 12.6 Å². The van der Waals surface area contributed by atoms with E-state index in [4.69, 9.17) is 0 Å². The van der Waals surface area contributed by atoms with Crippen molar-refractivity contribution in [3.8, 4) is 0 Å². The number of hydrogen-bond acceptors (Lipinski definition) is 4. The van der Waals surface area contributed by atoms with E-state index in [2.05, 4.69) is 23.3 Å². The molecule has 0 spiro atoms. The van der Waals surface area contributed by atoms with E-state index in [-0.39, 0.29) is 11.7 Å². The molecule has 0 saturated carbocycles. The third-order valence-corrected chi connectivity index (χ3v) is 2.16. The van der Waals surface area contributed by atoms with Crippen LogP contribution < -0.4 is 10.6 Å². The second kappa shape index (κ2) is 12.5. The molecule has 96 valence electrons. The summed E-state index contributed by atoms with van der Waals surface area (Å²) in [6.07, 6.45) is 1.86. The summed E-state index contributed by atoms with van der Waals surface area (Å²) in [5, 5.41) is 5.36. The standard InChI is InChI=1S/C9H18N2O2S.C2H6/c1-7(12)8(10-2)9(13)11-5-3-4-6-14;1-2/h8,10,14H,3-6H2,1-2H3,(H,11,13);1-2H3. The summed E-state index contributed by atoms with van der Waals surface area (Å²) in [6.45, 7) is 6.00. The molecule has 1 atom stereocenters. The van der Waals surface area contributed by atoms with Gasteiger partial charge in [-0.1, -0.05) is 13.8 Å². The highest BCUT2D eigenvalue weighted by Crippen LogP contribution is 1.90. The molecule has 1 unspecified atom stereocenters. The van der Waals surface area contributed by atoms with Crippen LogP contribution in [0.4, 0.5) is 0 Å². The van der Waals surface area contributed by atoms with Crippen molar-refractivity contribution in [1.29, 1.82) is 0 Å². The first kappa shape index (κ1) is 17.8. The molecular formula is C11H24N2O2S. The van der Waals surface area contributed by atoms with Crippen molar-refractivity contribution in [2.24, 2.45) is 0 Å². The Kier molecular flexibility index (Phi) is 14.0. The average molecular weight is 248 g/mol.